The quantitative estimate of drug-likeness (QED) is 0.903. The van der Waals surface area contributed by atoms with Crippen LogP contribution in [0.4, 0.5) is 5.69 Å². The summed E-state index contributed by atoms with van der Waals surface area (Å²) in [4.78, 5) is 29.0. The molecule has 0 saturated carbocycles. The van der Waals surface area contributed by atoms with E-state index in [9.17, 15) is 9.59 Å². The first-order chi connectivity index (χ1) is 9.97. The van der Waals surface area contributed by atoms with Crippen LogP contribution in [0.2, 0.25) is 0 Å². The third-order valence-corrected chi connectivity index (χ3v) is 3.05. The summed E-state index contributed by atoms with van der Waals surface area (Å²) >= 11 is 0. The summed E-state index contributed by atoms with van der Waals surface area (Å²) in [5.41, 5.74) is 2.27. The summed E-state index contributed by atoms with van der Waals surface area (Å²) in [5.74, 6) is -0.401. The summed E-state index contributed by atoms with van der Waals surface area (Å²) < 4.78 is 0. The van der Waals surface area contributed by atoms with Crippen LogP contribution in [0, 0.1) is 6.92 Å². The van der Waals surface area contributed by atoms with E-state index in [-0.39, 0.29) is 11.0 Å². The minimum Gasteiger partial charge on any atom is -0.364 e. The second kappa shape index (κ2) is 6.37. The molecule has 0 atom stereocenters. The molecule has 2 rings (SSSR count). The number of para-hydroxylation sites is 1. The van der Waals surface area contributed by atoms with Crippen molar-refractivity contribution in [3.8, 4) is 0 Å². The highest BCUT2D eigenvalue weighted by Gasteiger charge is 2.12. The number of aromatic amines is 1. The summed E-state index contributed by atoms with van der Waals surface area (Å²) in [5, 5.41) is 2.81. The van der Waals surface area contributed by atoms with Crippen molar-refractivity contribution in [3.63, 3.8) is 0 Å². The molecule has 0 bridgehead atoms. The molecule has 0 aliphatic rings. The fraction of sp³-hybridized carbons (Fsp3) is 0.250. The van der Waals surface area contributed by atoms with Gasteiger partial charge in [-0.25, -0.2) is 0 Å². The number of H-pyrrole nitrogens is 1. The minimum absolute atomic E-state index is 0.111. The fourth-order valence-corrected chi connectivity index (χ4v) is 2.06. The van der Waals surface area contributed by atoms with Gasteiger partial charge in [-0.05, 0) is 32.6 Å². The Morgan fingerprint density at radius 1 is 1.29 bits per heavy atom. The lowest BCUT2D eigenvalue weighted by Gasteiger charge is -2.14. The Kier molecular flexibility index (Phi) is 4.55. The Labute approximate surface area is 123 Å². The third-order valence-electron chi connectivity index (χ3n) is 3.05. The van der Waals surface area contributed by atoms with Gasteiger partial charge in [0.2, 0.25) is 0 Å². The van der Waals surface area contributed by atoms with Gasteiger partial charge in [-0.3, -0.25) is 9.59 Å². The van der Waals surface area contributed by atoms with Gasteiger partial charge in [-0.15, -0.1) is 0 Å². The Morgan fingerprint density at radius 3 is 2.67 bits per heavy atom. The largest absolute Gasteiger partial charge is 0.364 e. The van der Waals surface area contributed by atoms with Crippen LogP contribution in [0.1, 0.15) is 21.6 Å². The number of benzene rings is 1. The lowest BCUT2D eigenvalue weighted by Crippen LogP contribution is -2.22. The van der Waals surface area contributed by atoms with Gasteiger partial charge in [0.1, 0.15) is 5.56 Å². The van der Waals surface area contributed by atoms with Crippen LogP contribution < -0.4 is 10.7 Å². The number of aromatic nitrogens is 1. The zero-order valence-electron chi connectivity index (χ0n) is 12.4. The summed E-state index contributed by atoms with van der Waals surface area (Å²) in [6.07, 6.45) is 1.45. The van der Waals surface area contributed by atoms with E-state index in [0.717, 1.165) is 16.9 Å². The van der Waals surface area contributed by atoms with Gasteiger partial charge in [-0.1, -0.05) is 18.2 Å². The van der Waals surface area contributed by atoms with Crippen molar-refractivity contribution in [1.29, 1.82) is 0 Å². The molecular formula is C16H19N3O2. The Balaban J connectivity index is 2.25. The normalized spacial score (nSPS) is 10.7. The molecule has 1 aromatic carbocycles. The number of hydrogen-bond acceptors (Lipinski definition) is 3. The molecule has 0 aliphatic heterocycles. The molecule has 110 valence electrons. The summed E-state index contributed by atoms with van der Waals surface area (Å²) in [7, 11) is 3.92. The highest BCUT2D eigenvalue weighted by Crippen LogP contribution is 2.16. The van der Waals surface area contributed by atoms with Gasteiger partial charge in [-0.2, -0.15) is 0 Å². The number of carbonyl (C=O) groups excluding carboxylic acids is 1. The maximum atomic E-state index is 12.2. The fourth-order valence-electron chi connectivity index (χ4n) is 2.06. The van der Waals surface area contributed by atoms with Crippen LogP contribution in [0.5, 0.6) is 0 Å². The van der Waals surface area contributed by atoms with Crippen molar-refractivity contribution >= 4 is 11.6 Å². The van der Waals surface area contributed by atoms with Crippen molar-refractivity contribution in [3.05, 3.63) is 63.6 Å². The number of nitrogens with one attached hydrogen (secondary N) is 2. The third kappa shape index (κ3) is 3.79. The Bertz CT molecular complexity index is 705. The van der Waals surface area contributed by atoms with Crippen LogP contribution in [0.3, 0.4) is 0 Å². The molecule has 5 nitrogen and oxygen atoms in total. The van der Waals surface area contributed by atoms with Crippen molar-refractivity contribution in [2.45, 2.75) is 13.5 Å². The highest BCUT2D eigenvalue weighted by molar-refractivity contribution is 6.04. The van der Waals surface area contributed by atoms with Crippen molar-refractivity contribution in [2.24, 2.45) is 0 Å². The van der Waals surface area contributed by atoms with E-state index in [1.54, 1.807) is 6.92 Å². The first kappa shape index (κ1) is 15.0. The van der Waals surface area contributed by atoms with Gasteiger partial charge in [0.05, 0.1) is 0 Å². The van der Waals surface area contributed by atoms with E-state index in [2.05, 4.69) is 10.3 Å². The van der Waals surface area contributed by atoms with E-state index >= 15 is 0 Å². The molecule has 0 spiro atoms. The second-order valence-corrected chi connectivity index (χ2v) is 5.24. The standard InChI is InChI=1S/C16H19N3O2/c1-11-8-15(20)13(9-17-11)16(21)18-14-7-5-4-6-12(14)10-19(2)3/h4-9H,10H2,1-3H3,(H,17,20)(H,18,21). The molecule has 1 amide bonds. The van der Waals surface area contributed by atoms with E-state index in [4.69, 9.17) is 0 Å². The molecule has 2 aromatic rings. The maximum absolute atomic E-state index is 12.2. The predicted molar refractivity (Wildman–Crippen MR) is 83.6 cm³/mol. The summed E-state index contributed by atoms with van der Waals surface area (Å²) in [6, 6.07) is 8.98. The summed E-state index contributed by atoms with van der Waals surface area (Å²) in [6.45, 7) is 2.48. The molecule has 1 heterocycles. The number of rotatable bonds is 4. The first-order valence-corrected chi connectivity index (χ1v) is 6.70. The topological polar surface area (TPSA) is 65.2 Å². The number of pyridine rings is 1. The van der Waals surface area contributed by atoms with Crippen LogP contribution in [0.15, 0.2) is 41.3 Å². The van der Waals surface area contributed by atoms with Crippen LogP contribution >= 0.6 is 0 Å². The van der Waals surface area contributed by atoms with E-state index in [1.165, 1.54) is 12.3 Å². The van der Waals surface area contributed by atoms with Crippen molar-refractivity contribution < 1.29 is 4.79 Å². The molecule has 5 heteroatoms. The molecule has 21 heavy (non-hydrogen) atoms. The van der Waals surface area contributed by atoms with Gasteiger partial charge < -0.3 is 15.2 Å². The molecule has 0 saturated heterocycles. The van der Waals surface area contributed by atoms with Crippen molar-refractivity contribution in [2.75, 3.05) is 19.4 Å². The monoisotopic (exact) mass is 285 g/mol. The zero-order valence-corrected chi connectivity index (χ0v) is 12.4. The van der Waals surface area contributed by atoms with Gasteiger partial charge in [0.25, 0.3) is 5.91 Å². The van der Waals surface area contributed by atoms with E-state index in [1.807, 2.05) is 43.3 Å². The SMILES string of the molecule is Cc1cc(=O)c(C(=O)Nc2ccccc2CN(C)C)c[nH]1. The number of anilines is 1. The van der Waals surface area contributed by atoms with Crippen LogP contribution in [-0.2, 0) is 6.54 Å². The number of aryl methyl sites for hydroxylation is 1. The lowest BCUT2D eigenvalue weighted by molar-refractivity contribution is 0.102. The number of nitrogens with zero attached hydrogens (tertiary/aromatic N) is 1. The highest BCUT2D eigenvalue weighted by atomic mass is 16.2. The maximum Gasteiger partial charge on any atom is 0.261 e. The first-order valence-electron chi connectivity index (χ1n) is 6.70. The molecule has 1 aromatic heterocycles. The number of hydrogen-bond donors (Lipinski definition) is 2. The minimum atomic E-state index is -0.401. The molecule has 0 fully saturated rings. The number of carbonyl (C=O) groups is 1. The van der Waals surface area contributed by atoms with E-state index in [0.29, 0.717) is 6.54 Å². The molecular weight excluding hydrogens is 266 g/mol. The molecule has 0 aliphatic carbocycles. The van der Waals surface area contributed by atoms with Crippen LogP contribution in [0.25, 0.3) is 0 Å². The Hall–Kier alpha value is -2.40. The van der Waals surface area contributed by atoms with E-state index < -0.39 is 5.91 Å². The van der Waals surface area contributed by atoms with Crippen LogP contribution in [-0.4, -0.2) is 29.9 Å². The van der Waals surface area contributed by atoms with Crippen molar-refractivity contribution in [1.82, 2.24) is 9.88 Å². The molecule has 0 radical (unpaired) electrons. The Morgan fingerprint density at radius 2 is 2.00 bits per heavy atom. The second-order valence-electron chi connectivity index (χ2n) is 5.24. The lowest BCUT2D eigenvalue weighted by atomic mass is 10.1. The molecule has 2 N–H and O–H groups in total. The zero-order chi connectivity index (χ0) is 15.4. The predicted octanol–water partition coefficient (Wildman–Crippen LogP) is 2.00. The van der Waals surface area contributed by atoms with Gasteiger partial charge in [0, 0.05) is 30.2 Å². The van der Waals surface area contributed by atoms with Gasteiger partial charge in [0.15, 0.2) is 5.43 Å². The molecule has 0 unspecified atom stereocenters. The number of amides is 1. The van der Waals surface area contributed by atoms with Gasteiger partial charge >= 0.3 is 0 Å². The average Bonchev–Trinajstić information content (AvgIpc) is 2.40. The smallest absolute Gasteiger partial charge is 0.261 e. The average molecular weight is 285 g/mol.